The molecule has 0 radical (unpaired) electrons. The van der Waals surface area contributed by atoms with E-state index in [2.05, 4.69) is 152 Å². The van der Waals surface area contributed by atoms with Gasteiger partial charge >= 0.3 is 21.1 Å². The molecule has 0 atom stereocenters. The number of hydrogen-bond donors (Lipinski definition) is 0. The van der Waals surface area contributed by atoms with Crippen LogP contribution in [0, 0.1) is 6.07 Å². The number of para-hydroxylation sites is 1. The maximum absolute atomic E-state index is 5.41. The molecule has 3 aromatic carbocycles. The van der Waals surface area contributed by atoms with Crippen molar-refractivity contribution in [1.29, 1.82) is 0 Å². The van der Waals surface area contributed by atoms with Gasteiger partial charge in [0.05, 0.1) is 5.65 Å². The Kier molecular flexibility index (Phi) is 8.12. The predicted molar refractivity (Wildman–Crippen MR) is 193 cm³/mol. The Labute approximate surface area is 292 Å². The van der Waals surface area contributed by atoms with E-state index in [0.29, 0.717) is 0 Å². The van der Waals surface area contributed by atoms with Crippen LogP contribution in [0.4, 0.5) is 0 Å². The molecule has 0 amide bonds. The zero-order valence-electron chi connectivity index (χ0n) is 28.8. The van der Waals surface area contributed by atoms with Crippen LogP contribution in [0.3, 0.4) is 0 Å². The second-order valence-corrected chi connectivity index (χ2v) is 15.7. The summed E-state index contributed by atoms with van der Waals surface area (Å²) in [6.45, 7) is 20.2. The zero-order chi connectivity index (χ0) is 32.6. The first-order valence-corrected chi connectivity index (χ1v) is 16.2. The molecular weight excluding hydrogens is 756 g/mol. The van der Waals surface area contributed by atoms with Crippen LogP contribution in [-0.2, 0) is 37.3 Å². The van der Waals surface area contributed by atoms with E-state index in [-0.39, 0.29) is 37.3 Å². The fraction of sp³-hybridized carbons (Fsp3) is 0.286. The Balaban J connectivity index is 0.00000386. The first kappa shape index (κ1) is 32.9. The summed E-state index contributed by atoms with van der Waals surface area (Å²) in [6, 6.07) is 34.1. The summed E-state index contributed by atoms with van der Waals surface area (Å²) in [5, 5.41) is 3.42. The molecule has 7 rings (SSSR count). The van der Waals surface area contributed by atoms with E-state index < -0.39 is 0 Å². The summed E-state index contributed by atoms with van der Waals surface area (Å²) in [7, 11) is 0. The third kappa shape index (κ3) is 6.09. The second-order valence-electron chi connectivity index (χ2n) is 15.7. The molecule has 5 heteroatoms. The van der Waals surface area contributed by atoms with Crippen molar-refractivity contribution in [1.82, 2.24) is 19.5 Å². The van der Waals surface area contributed by atoms with Crippen LogP contribution >= 0.6 is 0 Å². The van der Waals surface area contributed by atoms with Gasteiger partial charge in [0.1, 0.15) is 0 Å². The Morgan fingerprint density at radius 2 is 1.28 bits per heavy atom. The molecule has 240 valence electrons. The predicted octanol–water partition coefficient (Wildman–Crippen LogP) is 10.7. The van der Waals surface area contributed by atoms with Gasteiger partial charge in [0.15, 0.2) is 0 Å². The fourth-order valence-corrected chi connectivity index (χ4v) is 6.18. The quantitative estimate of drug-likeness (QED) is 0.167. The first-order chi connectivity index (χ1) is 21.7. The Bertz CT molecular complexity index is 2230. The summed E-state index contributed by atoms with van der Waals surface area (Å²) in [4.78, 5) is 15.3. The third-order valence-corrected chi connectivity index (χ3v) is 9.08. The summed E-state index contributed by atoms with van der Waals surface area (Å²) in [6.07, 6.45) is 1.92. The van der Waals surface area contributed by atoms with Crippen LogP contribution in [-0.4, -0.2) is 14.5 Å². The number of aromatic nitrogens is 4. The van der Waals surface area contributed by atoms with Gasteiger partial charge in [-0.2, -0.15) is 0 Å². The molecule has 0 unspecified atom stereocenters. The van der Waals surface area contributed by atoms with Crippen molar-refractivity contribution in [2.24, 2.45) is 0 Å². The topological polar surface area (TPSA) is 44.8 Å². The molecule has 4 nitrogen and oxygen atoms in total. The summed E-state index contributed by atoms with van der Waals surface area (Å²) in [5.41, 5.74) is 10.5. The maximum atomic E-state index is 5.41. The molecule has 0 bridgehead atoms. The Morgan fingerprint density at radius 3 is 1.96 bits per heavy atom. The molecule has 0 saturated heterocycles. The van der Waals surface area contributed by atoms with Crippen LogP contribution in [0.25, 0.3) is 61.2 Å². The zero-order valence-corrected chi connectivity index (χ0v) is 31.0. The molecule has 0 aliphatic carbocycles. The fourth-order valence-electron chi connectivity index (χ4n) is 6.18. The van der Waals surface area contributed by atoms with Crippen molar-refractivity contribution < 1.29 is 21.1 Å². The van der Waals surface area contributed by atoms with E-state index in [1.54, 1.807) is 0 Å². The van der Waals surface area contributed by atoms with E-state index in [1.807, 2.05) is 12.3 Å². The van der Waals surface area contributed by atoms with E-state index >= 15 is 0 Å². The molecule has 0 N–H and O–H groups in total. The van der Waals surface area contributed by atoms with E-state index in [1.165, 1.54) is 22.1 Å². The first-order valence-electron chi connectivity index (χ1n) is 16.2. The number of fused-ring (bicyclic) bond motifs is 4. The minimum Gasteiger partial charge on any atom is -0.435 e. The van der Waals surface area contributed by atoms with Crippen LogP contribution < -0.4 is 4.98 Å². The van der Waals surface area contributed by atoms with E-state index in [4.69, 9.17) is 15.0 Å². The summed E-state index contributed by atoms with van der Waals surface area (Å²) < 4.78 is 2.23. The Morgan fingerprint density at radius 1 is 0.617 bits per heavy atom. The van der Waals surface area contributed by atoms with Crippen molar-refractivity contribution >= 4 is 32.8 Å². The average Bonchev–Trinajstić information content (AvgIpc) is 3.57. The largest absolute Gasteiger partial charge is 2.00 e. The van der Waals surface area contributed by atoms with Gasteiger partial charge < -0.3 is 9.55 Å². The van der Waals surface area contributed by atoms with Gasteiger partial charge in [-0.3, -0.25) is 9.97 Å². The van der Waals surface area contributed by atoms with Crippen molar-refractivity contribution in [3.63, 3.8) is 0 Å². The van der Waals surface area contributed by atoms with Crippen LogP contribution in [0.2, 0.25) is 0 Å². The normalized spacial score (nSPS) is 12.6. The second kappa shape index (κ2) is 11.6. The van der Waals surface area contributed by atoms with Crippen LogP contribution in [0.15, 0.2) is 91.1 Å². The minimum atomic E-state index is -0.0676. The molecule has 0 aliphatic rings. The Hall–Kier alpha value is -4.01. The number of hydrogen-bond acceptors (Lipinski definition) is 2. The van der Waals surface area contributed by atoms with Gasteiger partial charge in [0.2, 0.25) is 0 Å². The van der Waals surface area contributed by atoms with E-state index in [9.17, 15) is 0 Å². The number of nitrogens with zero attached hydrogens (tertiary/aromatic N) is 4. The molecule has 7 aromatic rings. The molecule has 4 aromatic heterocycles. The number of rotatable bonds is 3. The van der Waals surface area contributed by atoms with Gasteiger partial charge in [-0.15, -0.1) is 23.8 Å². The third-order valence-electron chi connectivity index (χ3n) is 9.08. The van der Waals surface area contributed by atoms with Gasteiger partial charge in [-0.05, 0) is 55.2 Å². The van der Waals surface area contributed by atoms with Gasteiger partial charge in [0, 0.05) is 23.0 Å². The minimum absolute atomic E-state index is 0. The molecule has 0 saturated carbocycles. The smallest absolute Gasteiger partial charge is 0.435 e. The standard InChI is InChI=1S/C42H42N4.Pt/c1-40(2,3)29-14-17-37-33(24-29)32-15-16-35(45-39(32)46(37)38-23-26-12-10-11-13-34(26)44-38)27-20-28(22-31(21-27)42(7,8)9)36-25-30(18-19-43-36)41(4,5)6;/h10-19,21-25H,1-9H3;/q-2;+2. The molecule has 0 spiro atoms. The summed E-state index contributed by atoms with van der Waals surface area (Å²) >= 11 is 0. The molecule has 4 heterocycles. The van der Waals surface area contributed by atoms with Crippen molar-refractivity contribution in [3.8, 4) is 28.3 Å². The van der Waals surface area contributed by atoms with Gasteiger partial charge in [-0.25, -0.2) is 0 Å². The average molecular weight is 798 g/mol. The molecule has 47 heavy (non-hydrogen) atoms. The molecule has 0 fully saturated rings. The number of pyridine rings is 2. The number of benzene rings is 3. The van der Waals surface area contributed by atoms with Crippen LogP contribution in [0.5, 0.6) is 0 Å². The monoisotopic (exact) mass is 797 g/mol. The SMILES string of the molecule is CC(C)(C)c1cc(-c2cc(C(C)(C)C)ccn2)[c-]c(-c2ccc3c4cc(C(C)(C)C)ccc4n(-c4cc5ccccc5[n-]4)c3n2)c1.[Pt+2]. The van der Waals surface area contributed by atoms with Crippen molar-refractivity contribution in [2.45, 2.75) is 78.6 Å². The maximum Gasteiger partial charge on any atom is 2.00 e. The van der Waals surface area contributed by atoms with Crippen molar-refractivity contribution in [3.05, 3.63) is 114 Å². The van der Waals surface area contributed by atoms with Crippen LogP contribution in [0.1, 0.15) is 79.0 Å². The molecular formula is C42H42N4Pt. The van der Waals surface area contributed by atoms with Gasteiger partial charge in [-0.1, -0.05) is 146 Å². The molecule has 0 aliphatic heterocycles. The summed E-state index contributed by atoms with van der Waals surface area (Å²) in [5.74, 6) is 0.880. The van der Waals surface area contributed by atoms with Crippen molar-refractivity contribution in [2.75, 3.05) is 0 Å². The van der Waals surface area contributed by atoms with E-state index in [0.717, 1.165) is 55.8 Å². The van der Waals surface area contributed by atoms with Gasteiger partial charge in [0.25, 0.3) is 0 Å².